The summed E-state index contributed by atoms with van der Waals surface area (Å²) in [5, 5.41) is 16.0. The van der Waals surface area contributed by atoms with Gasteiger partial charge < -0.3 is 4.74 Å². The van der Waals surface area contributed by atoms with Crippen LogP contribution in [0.4, 0.5) is 0 Å². The number of nitrogens with zero attached hydrogens (tertiary/aromatic N) is 5. The van der Waals surface area contributed by atoms with Gasteiger partial charge in [0.15, 0.2) is 0 Å². The Hall–Kier alpha value is -3.55. The van der Waals surface area contributed by atoms with Crippen LogP contribution < -0.4 is 10.2 Å². The van der Waals surface area contributed by atoms with Crippen molar-refractivity contribution in [1.82, 2.24) is 25.6 Å². The van der Waals surface area contributed by atoms with Crippen molar-refractivity contribution in [1.29, 1.82) is 0 Å². The Morgan fingerprint density at radius 2 is 1.96 bits per heavy atom. The molecule has 1 N–H and O–H groups in total. The summed E-state index contributed by atoms with van der Waals surface area (Å²) in [5.41, 5.74) is 4.14. The highest BCUT2D eigenvalue weighted by atomic mass is 16.5. The van der Waals surface area contributed by atoms with Crippen molar-refractivity contribution in [2.75, 3.05) is 6.61 Å². The van der Waals surface area contributed by atoms with Gasteiger partial charge in [0.25, 0.3) is 5.91 Å². The largest absolute Gasteiger partial charge is 0.494 e. The molecule has 8 heteroatoms. The number of rotatable bonds is 8. The number of hydrazone groups is 1. The van der Waals surface area contributed by atoms with Gasteiger partial charge in [-0.05, 0) is 41.5 Å². The molecule has 0 aliphatic heterocycles. The molecule has 0 bridgehead atoms. The number of aromatic nitrogens is 4. The molecule has 0 spiro atoms. The zero-order chi connectivity index (χ0) is 18.9. The van der Waals surface area contributed by atoms with Crippen molar-refractivity contribution in [3.8, 4) is 17.1 Å². The molecule has 3 aromatic rings. The van der Waals surface area contributed by atoms with Gasteiger partial charge in [0.1, 0.15) is 12.3 Å². The van der Waals surface area contributed by atoms with E-state index in [2.05, 4.69) is 32.9 Å². The van der Waals surface area contributed by atoms with E-state index in [-0.39, 0.29) is 12.5 Å². The van der Waals surface area contributed by atoms with Crippen LogP contribution in [0.2, 0.25) is 0 Å². The van der Waals surface area contributed by atoms with E-state index in [0.29, 0.717) is 12.4 Å². The molecule has 1 aromatic heterocycles. The van der Waals surface area contributed by atoms with Crippen LogP contribution >= 0.6 is 0 Å². The quantitative estimate of drug-likeness (QED) is 0.489. The Morgan fingerprint density at radius 3 is 2.70 bits per heavy atom. The molecule has 0 aliphatic carbocycles. The van der Waals surface area contributed by atoms with E-state index in [4.69, 9.17) is 4.74 Å². The number of hydrogen-bond acceptors (Lipinski definition) is 6. The molecule has 0 saturated heterocycles. The second-order valence-electron chi connectivity index (χ2n) is 5.72. The molecular formula is C19H20N6O2. The number of carbonyl (C=O) groups excluding carboxylic acids is 1. The van der Waals surface area contributed by atoms with Gasteiger partial charge >= 0.3 is 0 Å². The number of amides is 1. The van der Waals surface area contributed by atoms with E-state index in [1.807, 2.05) is 54.6 Å². The van der Waals surface area contributed by atoms with Crippen molar-refractivity contribution in [2.24, 2.45) is 5.10 Å². The summed E-state index contributed by atoms with van der Waals surface area (Å²) in [6, 6.07) is 16.9. The van der Waals surface area contributed by atoms with E-state index < -0.39 is 0 Å². The molecule has 8 nitrogen and oxygen atoms in total. The van der Waals surface area contributed by atoms with Crippen molar-refractivity contribution < 1.29 is 9.53 Å². The fraction of sp³-hybridized carbons (Fsp3) is 0.211. The van der Waals surface area contributed by atoms with E-state index in [0.717, 1.165) is 23.3 Å². The zero-order valence-corrected chi connectivity index (χ0v) is 14.9. The van der Waals surface area contributed by atoms with Gasteiger partial charge in [-0.2, -0.15) is 9.90 Å². The first-order valence-electron chi connectivity index (χ1n) is 8.62. The van der Waals surface area contributed by atoms with Crippen molar-refractivity contribution >= 4 is 12.1 Å². The lowest BCUT2D eigenvalue weighted by molar-refractivity contribution is -0.122. The van der Waals surface area contributed by atoms with Crippen molar-refractivity contribution in [2.45, 2.75) is 19.9 Å². The van der Waals surface area contributed by atoms with Crippen molar-refractivity contribution in [3.05, 3.63) is 60.2 Å². The molecule has 138 valence electrons. The first kappa shape index (κ1) is 18.2. The average molecular weight is 364 g/mol. The maximum absolute atomic E-state index is 11.9. The van der Waals surface area contributed by atoms with Crippen molar-refractivity contribution in [3.63, 3.8) is 0 Å². The monoisotopic (exact) mass is 364 g/mol. The lowest BCUT2D eigenvalue weighted by atomic mass is 10.2. The highest BCUT2D eigenvalue weighted by Gasteiger charge is 2.08. The molecule has 0 saturated carbocycles. The van der Waals surface area contributed by atoms with Crippen LogP contribution in [-0.2, 0) is 11.3 Å². The smallest absolute Gasteiger partial charge is 0.263 e. The SMILES string of the molecule is CCCOc1ccc(/C=N\NC(=O)Cn2nnc(-c3ccccc3)n2)cc1. The minimum absolute atomic E-state index is 0.0685. The fourth-order valence-electron chi connectivity index (χ4n) is 2.23. The normalized spacial score (nSPS) is 10.9. The van der Waals surface area contributed by atoms with Crippen LogP contribution in [0.25, 0.3) is 11.4 Å². The highest BCUT2D eigenvalue weighted by Crippen LogP contribution is 2.12. The lowest BCUT2D eigenvalue weighted by Crippen LogP contribution is -2.24. The molecule has 0 radical (unpaired) electrons. The molecule has 1 amide bonds. The number of hydrogen-bond donors (Lipinski definition) is 1. The Labute approximate surface area is 156 Å². The van der Waals surface area contributed by atoms with Gasteiger partial charge in [-0.25, -0.2) is 5.43 Å². The summed E-state index contributed by atoms with van der Waals surface area (Å²) in [5.74, 6) is 0.938. The van der Waals surface area contributed by atoms with Gasteiger partial charge in [0.2, 0.25) is 5.82 Å². The van der Waals surface area contributed by atoms with E-state index in [1.165, 1.54) is 4.80 Å². The first-order chi connectivity index (χ1) is 13.2. The Balaban J connectivity index is 1.49. The van der Waals surface area contributed by atoms with Crippen LogP contribution in [0.3, 0.4) is 0 Å². The maximum atomic E-state index is 11.9. The van der Waals surface area contributed by atoms with Crippen LogP contribution in [-0.4, -0.2) is 38.9 Å². The topological polar surface area (TPSA) is 94.3 Å². The number of ether oxygens (including phenoxy) is 1. The molecular weight excluding hydrogens is 344 g/mol. The molecule has 3 rings (SSSR count). The van der Waals surface area contributed by atoms with Gasteiger partial charge in [-0.3, -0.25) is 4.79 Å². The summed E-state index contributed by atoms with van der Waals surface area (Å²) in [6.07, 6.45) is 2.52. The van der Waals surface area contributed by atoms with Gasteiger partial charge in [-0.1, -0.05) is 37.3 Å². The minimum atomic E-state index is -0.342. The summed E-state index contributed by atoms with van der Waals surface area (Å²) in [6.45, 7) is 2.67. The minimum Gasteiger partial charge on any atom is -0.494 e. The lowest BCUT2D eigenvalue weighted by Gasteiger charge is -2.03. The molecule has 0 fully saturated rings. The molecule has 27 heavy (non-hydrogen) atoms. The fourth-order valence-corrected chi connectivity index (χ4v) is 2.23. The number of nitrogens with one attached hydrogen (secondary N) is 1. The molecule has 1 heterocycles. The van der Waals surface area contributed by atoms with Gasteiger partial charge in [0, 0.05) is 5.56 Å². The zero-order valence-electron chi connectivity index (χ0n) is 14.9. The summed E-state index contributed by atoms with van der Waals surface area (Å²) >= 11 is 0. The summed E-state index contributed by atoms with van der Waals surface area (Å²) in [7, 11) is 0. The van der Waals surface area contributed by atoms with E-state index >= 15 is 0 Å². The van der Waals surface area contributed by atoms with Crippen LogP contribution in [0.5, 0.6) is 5.75 Å². The van der Waals surface area contributed by atoms with Crippen LogP contribution in [0.1, 0.15) is 18.9 Å². The molecule has 2 aromatic carbocycles. The number of benzene rings is 2. The third-order valence-electron chi connectivity index (χ3n) is 3.53. The predicted octanol–water partition coefficient (Wildman–Crippen LogP) is 2.28. The Bertz CT molecular complexity index is 890. The van der Waals surface area contributed by atoms with Crippen LogP contribution in [0.15, 0.2) is 59.7 Å². The first-order valence-corrected chi connectivity index (χ1v) is 8.62. The average Bonchev–Trinajstić information content (AvgIpc) is 3.16. The Kier molecular flexibility index (Phi) is 6.24. The predicted molar refractivity (Wildman–Crippen MR) is 101 cm³/mol. The second kappa shape index (κ2) is 9.23. The molecule has 0 atom stereocenters. The highest BCUT2D eigenvalue weighted by molar-refractivity contribution is 5.82. The molecule has 0 aliphatic rings. The summed E-state index contributed by atoms with van der Waals surface area (Å²) in [4.78, 5) is 13.2. The van der Waals surface area contributed by atoms with E-state index in [1.54, 1.807) is 6.21 Å². The molecule has 0 unspecified atom stereocenters. The van der Waals surface area contributed by atoms with Crippen LogP contribution in [0, 0.1) is 0 Å². The Morgan fingerprint density at radius 1 is 1.19 bits per heavy atom. The summed E-state index contributed by atoms with van der Waals surface area (Å²) < 4.78 is 5.52. The standard InChI is InChI=1S/C19H20N6O2/c1-2-12-27-17-10-8-15(9-11-17)13-20-21-18(26)14-25-23-19(22-24-25)16-6-4-3-5-7-16/h3-11,13H,2,12,14H2,1H3,(H,21,26)/b20-13-. The third kappa shape index (κ3) is 5.46. The second-order valence-corrected chi connectivity index (χ2v) is 5.72. The van der Waals surface area contributed by atoms with Gasteiger partial charge in [-0.15, -0.1) is 10.2 Å². The number of tetrazole rings is 1. The third-order valence-corrected chi connectivity index (χ3v) is 3.53. The maximum Gasteiger partial charge on any atom is 0.263 e. The van der Waals surface area contributed by atoms with E-state index in [9.17, 15) is 4.79 Å². The number of carbonyl (C=O) groups is 1. The van der Waals surface area contributed by atoms with Gasteiger partial charge in [0.05, 0.1) is 12.8 Å².